The number of likely N-dealkylation sites (tertiary alicyclic amines) is 1. The lowest BCUT2D eigenvalue weighted by molar-refractivity contribution is 0.145. The standard InChI is InChI=1S/C14H21BrN2/c1-11-5-6-12(8-14(11)15)10-17-7-3-2-4-13(17)9-16/h5-6,8,13H,2-4,7,9-10,16H2,1H3. The minimum Gasteiger partial charge on any atom is -0.329 e. The Morgan fingerprint density at radius 2 is 2.24 bits per heavy atom. The number of halogens is 1. The molecule has 3 heteroatoms. The van der Waals surface area contributed by atoms with Gasteiger partial charge in [0.1, 0.15) is 0 Å². The Hall–Kier alpha value is -0.380. The molecule has 17 heavy (non-hydrogen) atoms. The highest BCUT2D eigenvalue weighted by Gasteiger charge is 2.20. The highest BCUT2D eigenvalue weighted by atomic mass is 79.9. The first-order valence-electron chi connectivity index (χ1n) is 6.40. The summed E-state index contributed by atoms with van der Waals surface area (Å²) in [6.07, 6.45) is 3.89. The fraction of sp³-hybridized carbons (Fsp3) is 0.571. The van der Waals surface area contributed by atoms with Crippen LogP contribution in [-0.4, -0.2) is 24.0 Å². The van der Waals surface area contributed by atoms with Crippen LogP contribution in [0, 0.1) is 6.92 Å². The zero-order chi connectivity index (χ0) is 12.3. The van der Waals surface area contributed by atoms with Crippen molar-refractivity contribution in [2.24, 2.45) is 5.73 Å². The van der Waals surface area contributed by atoms with E-state index in [9.17, 15) is 0 Å². The van der Waals surface area contributed by atoms with Crippen molar-refractivity contribution in [1.29, 1.82) is 0 Å². The molecule has 0 aromatic heterocycles. The van der Waals surface area contributed by atoms with E-state index < -0.39 is 0 Å². The lowest BCUT2D eigenvalue weighted by Crippen LogP contribution is -2.43. The molecule has 2 nitrogen and oxygen atoms in total. The van der Waals surface area contributed by atoms with Gasteiger partial charge in [-0.15, -0.1) is 0 Å². The van der Waals surface area contributed by atoms with Crippen LogP contribution in [0.4, 0.5) is 0 Å². The van der Waals surface area contributed by atoms with Crippen LogP contribution < -0.4 is 5.73 Å². The number of nitrogens with two attached hydrogens (primary N) is 1. The van der Waals surface area contributed by atoms with Crippen molar-refractivity contribution in [2.75, 3.05) is 13.1 Å². The van der Waals surface area contributed by atoms with Crippen molar-refractivity contribution in [3.05, 3.63) is 33.8 Å². The Labute approximate surface area is 112 Å². The van der Waals surface area contributed by atoms with E-state index in [0.717, 1.165) is 13.1 Å². The third kappa shape index (κ3) is 3.30. The predicted molar refractivity (Wildman–Crippen MR) is 76.0 cm³/mol. The molecule has 0 aliphatic carbocycles. The van der Waals surface area contributed by atoms with Crippen molar-refractivity contribution < 1.29 is 0 Å². The summed E-state index contributed by atoms with van der Waals surface area (Å²) in [6.45, 7) is 5.12. The SMILES string of the molecule is Cc1ccc(CN2CCCCC2CN)cc1Br. The maximum absolute atomic E-state index is 5.85. The first kappa shape index (κ1) is 13.1. The quantitative estimate of drug-likeness (QED) is 0.929. The van der Waals surface area contributed by atoms with E-state index in [4.69, 9.17) is 5.73 Å². The van der Waals surface area contributed by atoms with Gasteiger partial charge in [-0.2, -0.15) is 0 Å². The van der Waals surface area contributed by atoms with Gasteiger partial charge in [0.15, 0.2) is 0 Å². The van der Waals surface area contributed by atoms with Crippen LogP contribution in [0.1, 0.15) is 30.4 Å². The van der Waals surface area contributed by atoms with Crippen molar-refractivity contribution in [2.45, 2.75) is 38.8 Å². The van der Waals surface area contributed by atoms with E-state index in [1.165, 1.54) is 41.4 Å². The molecule has 0 amide bonds. The molecule has 1 aromatic rings. The molecule has 1 heterocycles. The summed E-state index contributed by atoms with van der Waals surface area (Å²) in [4.78, 5) is 2.53. The van der Waals surface area contributed by atoms with E-state index in [1.54, 1.807) is 0 Å². The molecule has 0 radical (unpaired) electrons. The van der Waals surface area contributed by atoms with Gasteiger partial charge >= 0.3 is 0 Å². The monoisotopic (exact) mass is 296 g/mol. The summed E-state index contributed by atoms with van der Waals surface area (Å²) >= 11 is 3.60. The molecule has 0 bridgehead atoms. The van der Waals surface area contributed by atoms with Crippen LogP contribution in [0.5, 0.6) is 0 Å². The number of benzene rings is 1. The molecule has 1 aliphatic heterocycles. The van der Waals surface area contributed by atoms with Gasteiger partial charge in [0.05, 0.1) is 0 Å². The number of rotatable bonds is 3. The molecule has 0 saturated carbocycles. The van der Waals surface area contributed by atoms with Gasteiger partial charge in [0.2, 0.25) is 0 Å². The van der Waals surface area contributed by atoms with Crippen molar-refractivity contribution in [3.63, 3.8) is 0 Å². The van der Waals surface area contributed by atoms with Crippen LogP contribution in [0.25, 0.3) is 0 Å². The zero-order valence-electron chi connectivity index (χ0n) is 10.5. The fourth-order valence-electron chi connectivity index (χ4n) is 2.50. The van der Waals surface area contributed by atoms with E-state index in [1.807, 2.05) is 0 Å². The Bertz CT molecular complexity index is 378. The van der Waals surface area contributed by atoms with Crippen molar-refractivity contribution >= 4 is 15.9 Å². The van der Waals surface area contributed by atoms with Gasteiger partial charge in [-0.1, -0.05) is 34.5 Å². The highest BCUT2D eigenvalue weighted by molar-refractivity contribution is 9.10. The molecular weight excluding hydrogens is 276 g/mol. The maximum Gasteiger partial charge on any atom is 0.0237 e. The molecule has 0 spiro atoms. The van der Waals surface area contributed by atoms with Gasteiger partial charge in [-0.05, 0) is 43.5 Å². The highest BCUT2D eigenvalue weighted by Crippen LogP contribution is 2.22. The normalized spacial score (nSPS) is 21.7. The summed E-state index contributed by atoms with van der Waals surface area (Å²) in [5.41, 5.74) is 8.52. The van der Waals surface area contributed by atoms with Crippen LogP contribution in [0.15, 0.2) is 22.7 Å². The largest absolute Gasteiger partial charge is 0.329 e. The summed E-state index contributed by atoms with van der Waals surface area (Å²) in [5, 5.41) is 0. The number of aryl methyl sites for hydroxylation is 1. The first-order valence-corrected chi connectivity index (χ1v) is 7.19. The minimum atomic E-state index is 0.573. The molecule has 2 N–H and O–H groups in total. The predicted octanol–water partition coefficient (Wildman–Crippen LogP) is 3.07. The van der Waals surface area contributed by atoms with Crippen molar-refractivity contribution in [1.82, 2.24) is 4.90 Å². The van der Waals surface area contributed by atoms with E-state index in [0.29, 0.717) is 6.04 Å². The fourth-order valence-corrected chi connectivity index (χ4v) is 2.93. The molecule has 2 rings (SSSR count). The lowest BCUT2D eigenvalue weighted by atomic mass is 10.0. The number of piperidine rings is 1. The number of hydrogen-bond acceptors (Lipinski definition) is 2. The van der Waals surface area contributed by atoms with Crippen LogP contribution >= 0.6 is 15.9 Å². The second-order valence-corrected chi connectivity index (χ2v) is 5.79. The Kier molecular flexibility index (Phi) is 4.60. The second kappa shape index (κ2) is 5.98. The molecule has 1 atom stereocenters. The van der Waals surface area contributed by atoms with Gasteiger partial charge in [-0.3, -0.25) is 4.90 Å². The minimum absolute atomic E-state index is 0.573. The van der Waals surface area contributed by atoms with Gasteiger partial charge in [-0.25, -0.2) is 0 Å². The van der Waals surface area contributed by atoms with Gasteiger partial charge < -0.3 is 5.73 Å². The van der Waals surface area contributed by atoms with E-state index in [2.05, 4.69) is 46.0 Å². The molecular formula is C14H21BrN2. The molecule has 1 unspecified atom stereocenters. The van der Waals surface area contributed by atoms with E-state index >= 15 is 0 Å². The van der Waals surface area contributed by atoms with Gasteiger partial charge in [0, 0.05) is 23.6 Å². The first-order chi connectivity index (χ1) is 8.20. The topological polar surface area (TPSA) is 29.3 Å². The number of nitrogens with zero attached hydrogens (tertiary/aromatic N) is 1. The van der Waals surface area contributed by atoms with Gasteiger partial charge in [0.25, 0.3) is 0 Å². The van der Waals surface area contributed by atoms with Crippen LogP contribution in [-0.2, 0) is 6.54 Å². The lowest BCUT2D eigenvalue weighted by Gasteiger charge is -2.35. The average Bonchev–Trinajstić information content (AvgIpc) is 2.34. The maximum atomic E-state index is 5.85. The summed E-state index contributed by atoms with van der Waals surface area (Å²) in [5.74, 6) is 0. The molecule has 1 saturated heterocycles. The molecule has 1 aromatic carbocycles. The smallest absolute Gasteiger partial charge is 0.0237 e. The average molecular weight is 297 g/mol. The van der Waals surface area contributed by atoms with Crippen LogP contribution in [0.2, 0.25) is 0 Å². The summed E-state index contributed by atoms with van der Waals surface area (Å²) in [7, 11) is 0. The van der Waals surface area contributed by atoms with Crippen molar-refractivity contribution in [3.8, 4) is 0 Å². The summed E-state index contributed by atoms with van der Waals surface area (Å²) < 4.78 is 1.20. The second-order valence-electron chi connectivity index (χ2n) is 4.94. The number of hydrogen-bond donors (Lipinski definition) is 1. The Balaban J connectivity index is 2.05. The third-order valence-corrected chi connectivity index (χ3v) is 4.50. The Morgan fingerprint density at radius 3 is 2.94 bits per heavy atom. The third-order valence-electron chi connectivity index (χ3n) is 3.64. The van der Waals surface area contributed by atoms with Crippen LogP contribution in [0.3, 0.4) is 0 Å². The zero-order valence-corrected chi connectivity index (χ0v) is 12.0. The molecule has 1 aliphatic rings. The molecule has 94 valence electrons. The Morgan fingerprint density at radius 1 is 1.41 bits per heavy atom. The van der Waals surface area contributed by atoms with E-state index in [-0.39, 0.29) is 0 Å². The summed E-state index contributed by atoms with van der Waals surface area (Å²) in [6, 6.07) is 7.21. The molecule has 1 fully saturated rings.